The van der Waals surface area contributed by atoms with E-state index in [0.717, 1.165) is 42.1 Å². The molecule has 0 radical (unpaired) electrons. The third kappa shape index (κ3) is 2.97. The van der Waals surface area contributed by atoms with Gasteiger partial charge in [-0.05, 0) is 43.2 Å². The molecule has 0 spiro atoms. The maximum Gasteiger partial charge on any atom is 0.256 e. The number of fused-ring (bicyclic) bond motifs is 1. The first-order valence-electron chi connectivity index (χ1n) is 9.53. The first-order chi connectivity index (χ1) is 13.8. The Hall–Kier alpha value is -3.41. The fourth-order valence-electron chi connectivity index (χ4n) is 3.86. The van der Waals surface area contributed by atoms with E-state index in [0.29, 0.717) is 12.1 Å². The van der Waals surface area contributed by atoms with Crippen molar-refractivity contribution >= 4 is 17.0 Å². The van der Waals surface area contributed by atoms with Gasteiger partial charge in [-0.3, -0.25) is 4.79 Å². The zero-order valence-electron chi connectivity index (χ0n) is 15.4. The number of rotatable bonds is 3. The minimum absolute atomic E-state index is 0.0203. The molecule has 1 unspecified atom stereocenters. The quantitative estimate of drug-likeness (QED) is 0.545. The summed E-state index contributed by atoms with van der Waals surface area (Å²) in [6.45, 7) is 1.35. The van der Waals surface area contributed by atoms with E-state index in [4.69, 9.17) is 4.42 Å². The van der Waals surface area contributed by atoms with Crippen LogP contribution < -0.4 is 0 Å². The van der Waals surface area contributed by atoms with Crippen molar-refractivity contribution in [1.82, 2.24) is 19.7 Å². The molecule has 5 rings (SSSR count). The van der Waals surface area contributed by atoms with Crippen LogP contribution in [0.5, 0.6) is 0 Å². The SMILES string of the molecule is O=C(c1ccccc1-n1cccn1)N1CCCC(c2nc3ccccc3o2)C1. The number of oxazole rings is 1. The van der Waals surface area contributed by atoms with Gasteiger partial charge in [0.1, 0.15) is 5.52 Å². The number of carbonyl (C=O) groups is 1. The molecule has 1 amide bonds. The minimum atomic E-state index is 0.0203. The number of piperidine rings is 1. The van der Waals surface area contributed by atoms with Crippen LogP contribution in [-0.4, -0.2) is 38.7 Å². The van der Waals surface area contributed by atoms with E-state index in [-0.39, 0.29) is 11.8 Å². The summed E-state index contributed by atoms with van der Waals surface area (Å²) in [5, 5.41) is 4.28. The highest BCUT2D eigenvalue weighted by atomic mass is 16.3. The molecule has 1 atom stereocenters. The molecule has 140 valence electrons. The van der Waals surface area contributed by atoms with Gasteiger partial charge in [-0.25, -0.2) is 9.67 Å². The van der Waals surface area contributed by atoms with Crippen molar-refractivity contribution in [3.8, 4) is 5.69 Å². The molecule has 0 bridgehead atoms. The van der Waals surface area contributed by atoms with Crippen molar-refractivity contribution in [2.24, 2.45) is 0 Å². The predicted octanol–water partition coefficient (Wildman–Crippen LogP) is 4.03. The lowest BCUT2D eigenvalue weighted by Gasteiger charge is -2.31. The number of nitrogens with zero attached hydrogens (tertiary/aromatic N) is 4. The zero-order valence-corrected chi connectivity index (χ0v) is 15.4. The van der Waals surface area contributed by atoms with Crippen LogP contribution in [0.3, 0.4) is 0 Å². The van der Waals surface area contributed by atoms with Crippen molar-refractivity contribution in [2.45, 2.75) is 18.8 Å². The van der Waals surface area contributed by atoms with Crippen LogP contribution in [0.2, 0.25) is 0 Å². The second kappa shape index (κ2) is 6.96. The molecule has 6 heteroatoms. The molecule has 0 N–H and O–H groups in total. The minimum Gasteiger partial charge on any atom is -0.440 e. The predicted molar refractivity (Wildman–Crippen MR) is 105 cm³/mol. The van der Waals surface area contributed by atoms with Crippen LogP contribution >= 0.6 is 0 Å². The monoisotopic (exact) mass is 372 g/mol. The van der Waals surface area contributed by atoms with Crippen LogP contribution in [0.25, 0.3) is 16.8 Å². The highest BCUT2D eigenvalue weighted by Crippen LogP contribution is 2.30. The third-order valence-electron chi connectivity index (χ3n) is 5.25. The highest BCUT2D eigenvalue weighted by Gasteiger charge is 2.29. The fourth-order valence-corrected chi connectivity index (χ4v) is 3.86. The van der Waals surface area contributed by atoms with E-state index in [9.17, 15) is 4.79 Å². The van der Waals surface area contributed by atoms with Crippen molar-refractivity contribution in [3.63, 3.8) is 0 Å². The average Bonchev–Trinajstić information content (AvgIpc) is 3.43. The summed E-state index contributed by atoms with van der Waals surface area (Å²) in [6.07, 6.45) is 5.46. The zero-order chi connectivity index (χ0) is 18.9. The second-order valence-electron chi connectivity index (χ2n) is 7.08. The molecule has 6 nitrogen and oxygen atoms in total. The molecule has 2 aromatic heterocycles. The van der Waals surface area contributed by atoms with Gasteiger partial charge in [0.15, 0.2) is 11.5 Å². The Morgan fingerprint density at radius 1 is 1.07 bits per heavy atom. The van der Waals surface area contributed by atoms with E-state index in [2.05, 4.69) is 10.1 Å². The smallest absolute Gasteiger partial charge is 0.256 e. The molecule has 3 heterocycles. The van der Waals surface area contributed by atoms with E-state index in [1.807, 2.05) is 65.7 Å². The number of likely N-dealkylation sites (tertiary alicyclic amines) is 1. The van der Waals surface area contributed by atoms with Gasteiger partial charge in [0.25, 0.3) is 5.91 Å². The summed E-state index contributed by atoms with van der Waals surface area (Å²) >= 11 is 0. The fraction of sp³-hybridized carbons (Fsp3) is 0.227. The number of aromatic nitrogens is 3. The Bertz CT molecular complexity index is 1080. The van der Waals surface area contributed by atoms with Gasteiger partial charge < -0.3 is 9.32 Å². The topological polar surface area (TPSA) is 64.2 Å². The molecule has 1 aliphatic heterocycles. The van der Waals surface area contributed by atoms with Crippen LogP contribution in [0.4, 0.5) is 0 Å². The van der Waals surface area contributed by atoms with Gasteiger partial charge >= 0.3 is 0 Å². The Morgan fingerprint density at radius 2 is 1.93 bits per heavy atom. The molecule has 1 saturated heterocycles. The van der Waals surface area contributed by atoms with Gasteiger partial charge in [0, 0.05) is 25.5 Å². The van der Waals surface area contributed by atoms with E-state index < -0.39 is 0 Å². The largest absolute Gasteiger partial charge is 0.440 e. The van der Waals surface area contributed by atoms with Crippen molar-refractivity contribution in [3.05, 3.63) is 78.4 Å². The lowest BCUT2D eigenvalue weighted by atomic mass is 9.97. The van der Waals surface area contributed by atoms with Crippen molar-refractivity contribution in [1.29, 1.82) is 0 Å². The summed E-state index contributed by atoms with van der Waals surface area (Å²) in [5.74, 6) is 0.855. The summed E-state index contributed by atoms with van der Waals surface area (Å²) < 4.78 is 7.69. The first-order valence-corrected chi connectivity index (χ1v) is 9.53. The molecule has 1 fully saturated rings. The second-order valence-corrected chi connectivity index (χ2v) is 7.08. The standard InChI is InChI=1S/C22H20N4O2/c27-22(17-8-1-3-10-19(17)26-14-6-12-23-26)25-13-5-7-16(15-25)21-24-18-9-2-4-11-20(18)28-21/h1-4,6,8-12,14,16H,5,7,13,15H2. The lowest BCUT2D eigenvalue weighted by molar-refractivity contribution is 0.0699. The third-order valence-corrected chi connectivity index (χ3v) is 5.25. The number of hydrogen-bond donors (Lipinski definition) is 0. The average molecular weight is 372 g/mol. The lowest BCUT2D eigenvalue weighted by Crippen LogP contribution is -2.39. The van der Waals surface area contributed by atoms with Gasteiger partial charge in [-0.1, -0.05) is 24.3 Å². The molecule has 1 aliphatic rings. The Kier molecular flexibility index (Phi) is 4.16. The summed E-state index contributed by atoms with van der Waals surface area (Å²) in [7, 11) is 0. The first kappa shape index (κ1) is 16.7. The number of carbonyl (C=O) groups excluding carboxylic acids is 1. The van der Waals surface area contributed by atoms with Gasteiger partial charge in [0.2, 0.25) is 0 Å². The summed E-state index contributed by atoms with van der Waals surface area (Å²) in [5.41, 5.74) is 3.11. The van der Waals surface area contributed by atoms with E-state index >= 15 is 0 Å². The molecule has 4 aromatic rings. The maximum atomic E-state index is 13.3. The molecular weight excluding hydrogens is 352 g/mol. The Labute approximate surface area is 162 Å². The summed E-state index contributed by atoms with van der Waals surface area (Å²) in [4.78, 5) is 19.8. The summed E-state index contributed by atoms with van der Waals surface area (Å²) in [6, 6.07) is 17.2. The van der Waals surface area contributed by atoms with Crippen molar-refractivity contribution in [2.75, 3.05) is 13.1 Å². The number of para-hydroxylation sites is 3. The van der Waals surface area contributed by atoms with E-state index in [1.165, 1.54) is 0 Å². The molecule has 2 aromatic carbocycles. The molecular formula is C22H20N4O2. The number of benzene rings is 2. The van der Waals surface area contributed by atoms with Gasteiger partial charge in [-0.2, -0.15) is 5.10 Å². The van der Waals surface area contributed by atoms with Gasteiger partial charge in [0.05, 0.1) is 17.2 Å². The molecule has 0 aliphatic carbocycles. The van der Waals surface area contributed by atoms with Crippen molar-refractivity contribution < 1.29 is 9.21 Å². The Morgan fingerprint density at radius 3 is 2.79 bits per heavy atom. The van der Waals surface area contributed by atoms with Crippen LogP contribution in [0.1, 0.15) is 35.0 Å². The van der Waals surface area contributed by atoms with Crippen LogP contribution in [0.15, 0.2) is 71.4 Å². The van der Waals surface area contributed by atoms with E-state index in [1.54, 1.807) is 10.9 Å². The molecule has 0 saturated carbocycles. The Balaban J connectivity index is 1.42. The highest BCUT2D eigenvalue weighted by molar-refractivity contribution is 5.97. The molecule has 28 heavy (non-hydrogen) atoms. The normalized spacial score (nSPS) is 17.1. The van der Waals surface area contributed by atoms with Crippen LogP contribution in [-0.2, 0) is 0 Å². The maximum absolute atomic E-state index is 13.3. The van der Waals surface area contributed by atoms with Gasteiger partial charge in [-0.15, -0.1) is 0 Å². The van der Waals surface area contributed by atoms with Crippen LogP contribution in [0, 0.1) is 0 Å². The number of amides is 1. The number of hydrogen-bond acceptors (Lipinski definition) is 4.